The number of hydrogen-bond acceptors (Lipinski definition) is 6. The summed E-state index contributed by atoms with van der Waals surface area (Å²) in [5.74, 6) is 0.823. The lowest BCUT2D eigenvalue weighted by Crippen LogP contribution is -2.31. The van der Waals surface area contributed by atoms with Crippen LogP contribution in [0.1, 0.15) is 24.2 Å². The van der Waals surface area contributed by atoms with Crippen LogP contribution in [-0.2, 0) is 0 Å². The van der Waals surface area contributed by atoms with Crippen molar-refractivity contribution in [2.45, 2.75) is 20.0 Å². The molecule has 4 N–H and O–H groups in total. The van der Waals surface area contributed by atoms with Gasteiger partial charge in [-0.05, 0) is 25.0 Å². The standard InChI is InChI=1S/C20H23N5O3/c1-3-21-19-23-10-13(2)18(25-19)15-9-17(22-11-15)28-20(27)24-12-16(26)14-7-5-4-6-8-14/h4-11,16,22,26H,3,12H2,1-2H3,(H,24,27)(H,21,23,25). The second-order valence-electron chi connectivity index (χ2n) is 6.21. The molecule has 0 spiro atoms. The second-order valence-corrected chi connectivity index (χ2v) is 6.21. The van der Waals surface area contributed by atoms with Gasteiger partial charge in [-0.3, -0.25) is 0 Å². The number of anilines is 1. The summed E-state index contributed by atoms with van der Waals surface area (Å²) in [6.45, 7) is 4.65. The number of amides is 1. The molecule has 0 radical (unpaired) electrons. The van der Waals surface area contributed by atoms with E-state index in [1.807, 2.05) is 32.0 Å². The van der Waals surface area contributed by atoms with E-state index < -0.39 is 12.2 Å². The lowest BCUT2D eigenvalue weighted by Gasteiger charge is -2.11. The third-order valence-corrected chi connectivity index (χ3v) is 4.06. The minimum absolute atomic E-state index is 0.0491. The number of aromatic amines is 1. The van der Waals surface area contributed by atoms with Crippen molar-refractivity contribution in [3.8, 4) is 17.1 Å². The smallest absolute Gasteiger partial charge is 0.393 e. The zero-order chi connectivity index (χ0) is 19.9. The maximum Gasteiger partial charge on any atom is 0.413 e. The number of aliphatic hydroxyl groups excluding tert-OH is 1. The Labute approximate surface area is 163 Å². The zero-order valence-electron chi connectivity index (χ0n) is 15.8. The SMILES string of the molecule is CCNc1ncc(C)c(-c2c[nH]c(OC(=O)NCC(O)c3ccccc3)c2)n1. The van der Waals surface area contributed by atoms with Gasteiger partial charge in [0.2, 0.25) is 11.8 Å². The zero-order valence-corrected chi connectivity index (χ0v) is 15.8. The van der Waals surface area contributed by atoms with Gasteiger partial charge >= 0.3 is 6.09 Å². The summed E-state index contributed by atoms with van der Waals surface area (Å²) in [5, 5.41) is 15.7. The fourth-order valence-corrected chi connectivity index (χ4v) is 2.66. The van der Waals surface area contributed by atoms with Crippen molar-refractivity contribution in [3.05, 3.63) is 59.9 Å². The highest BCUT2D eigenvalue weighted by atomic mass is 16.6. The summed E-state index contributed by atoms with van der Waals surface area (Å²) in [7, 11) is 0. The normalized spacial score (nSPS) is 11.7. The topological polar surface area (TPSA) is 112 Å². The molecule has 1 aromatic carbocycles. The Balaban J connectivity index is 1.60. The van der Waals surface area contributed by atoms with Crippen molar-refractivity contribution in [3.63, 3.8) is 0 Å². The van der Waals surface area contributed by atoms with E-state index >= 15 is 0 Å². The quantitative estimate of drug-likeness (QED) is 0.500. The van der Waals surface area contributed by atoms with Crippen LogP contribution < -0.4 is 15.4 Å². The molecule has 1 unspecified atom stereocenters. The highest BCUT2D eigenvalue weighted by Gasteiger charge is 2.13. The first kappa shape index (κ1) is 19.4. The molecule has 0 aliphatic rings. The number of nitrogens with zero attached hydrogens (tertiary/aromatic N) is 2. The number of aliphatic hydroxyl groups is 1. The number of aromatic nitrogens is 3. The number of H-pyrrole nitrogens is 1. The first-order valence-corrected chi connectivity index (χ1v) is 9.01. The molecule has 146 valence electrons. The van der Waals surface area contributed by atoms with Gasteiger partial charge in [0.1, 0.15) is 0 Å². The molecule has 28 heavy (non-hydrogen) atoms. The molecule has 0 fully saturated rings. The molecule has 1 atom stereocenters. The van der Waals surface area contributed by atoms with Gasteiger partial charge in [-0.2, -0.15) is 0 Å². The number of ether oxygens (including phenoxy) is 1. The number of carbonyl (C=O) groups is 1. The van der Waals surface area contributed by atoms with Gasteiger partial charge in [0, 0.05) is 30.6 Å². The van der Waals surface area contributed by atoms with Gasteiger partial charge in [0.25, 0.3) is 0 Å². The molecule has 2 heterocycles. The first-order chi connectivity index (χ1) is 13.6. The molecule has 1 amide bonds. The minimum Gasteiger partial charge on any atom is -0.393 e. The Kier molecular flexibility index (Phi) is 6.23. The van der Waals surface area contributed by atoms with Crippen LogP contribution in [0.15, 0.2) is 48.8 Å². The highest BCUT2D eigenvalue weighted by Crippen LogP contribution is 2.25. The monoisotopic (exact) mass is 381 g/mol. The molecule has 3 rings (SSSR count). The molecule has 2 aromatic heterocycles. The number of hydrogen-bond donors (Lipinski definition) is 4. The van der Waals surface area contributed by atoms with Gasteiger partial charge < -0.3 is 25.5 Å². The first-order valence-electron chi connectivity index (χ1n) is 9.01. The fourth-order valence-electron chi connectivity index (χ4n) is 2.66. The average Bonchev–Trinajstić information content (AvgIpc) is 3.16. The minimum atomic E-state index is -0.805. The average molecular weight is 381 g/mol. The number of carbonyl (C=O) groups excluding carboxylic acids is 1. The summed E-state index contributed by atoms with van der Waals surface area (Å²) in [6.07, 6.45) is 2.00. The molecule has 0 saturated heterocycles. The van der Waals surface area contributed by atoms with Gasteiger partial charge in [-0.15, -0.1) is 0 Å². The maximum atomic E-state index is 12.0. The van der Waals surface area contributed by atoms with Crippen LogP contribution in [0.25, 0.3) is 11.3 Å². The molecular weight excluding hydrogens is 358 g/mol. The summed E-state index contributed by atoms with van der Waals surface area (Å²) in [6, 6.07) is 10.8. The lowest BCUT2D eigenvalue weighted by molar-refractivity contribution is 0.161. The molecular formula is C20H23N5O3. The van der Waals surface area contributed by atoms with E-state index in [0.717, 1.165) is 28.9 Å². The van der Waals surface area contributed by atoms with Crippen molar-refractivity contribution in [2.75, 3.05) is 18.4 Å². The van der Waals surface area contributed by atoms with Crippen molar-refractivity contribution < 1.29 is 14.6 Å². The van der Waals surface area contributed by atoms with Gasteiger partial charge in [-0.25, -0.2) is 14.8 Å². The Morgan fingerprint density at radius 1 is 1.32 bits per heavy atom. The van der Waals surface area contributed by atoms with Crippen LogP contribution in [-0.4, -0.2) is 39.2 Å². The molecule has 0 aliphatic carbocycles. The molecule has 8 nitrogen and oxygen atoms in total. The van der Waals surface area contributed by atoms with Crippen LogP contribution in [0.5, 0.6) is 5.88 Å². The summed E-state index contributed by atoms with van der Waals surface area (Å²) < 4.78 is 5.24. The van der Waals surface area contributed by atoms with E-state index in [2.05, 4.69) is 25.6 Å². The number of benzene rings is 1. The summed E-state index contributed by atoms with van der Waals surface area (Å²) in [5.41, 5.74) is 3.16. The Morgan fingerprint density at radius 2 is 2.11 bits per heavy atom. The van der Waals surface area contributed by atoms with Crippen LogP contribution in [0.3, 0.4) is 0 Å². The number of aryl methyl sites for hydroxylation is 1. The van der Waals surface area contributed by atoms with Crippen molar-refractivity contribution in [1.29, 1.82) is 0 Å². The summed E-state index contributed by atoms with van der Waals surface area (Å²) in [4.78, 5) is 23.6. The third-order valence-electron chi connectivity index (χ3n) is 4.06. The Bertz CT molecular complexity index is 927. The van der Waals surface area contributed by atoms with Gasteiger partial charge in [0.05, 0.1) is 18.3 Å². The number of rotatable bonds is 7. The van der Waals surface area contributed by atoms with Crippen LogP contribution in [0, 0.1) is 6.92 Å². The van der Waals surface area contributed by atoms with E-state index in [0.29, 0.717) is 5.95 Å². The molecule has 0 saturated carbocycles. The molecule has 0 aliphatic heterocycles. The second kappa shape index (κ2) is 9.01. The van der Waals surface area contributed by atoms with Crippen molar-refractivity contribution >= 4 is 12.0 Å². The van der Waals surface area contributed by atoms with E-state index in [4.69, 9.17) is 4.74 Å². The Morgan fingerprint density at radius 3 is 2.86 bits per heavy atom. The van der Waals surface area contributed by atoms with Crippen LogP contribution in [0.2, 0.25) is 0 Å². The highest BCUT2D eigenvalue weighted by molar-refractivity contribution is 5.71. The van der Waals surface area contributed by atoms with E-state index in [-0.39, 0.29) is 12.4 Å². The van der Waals surface area contributed by atoms with Gasteiger partial charge in [-0.1, -0.05) is 30.3 Å². The third kappa shape index (κ3) is 4.86. The van der Waals surface area contributed by atoms with E-state index in [1.165, 1.54) is 0 Å². The molecule has 3 aromatic rings. The van der Waals surface area contributed by atoms with E-state index in [1.54, 1.807) is 30.6 Å². The lowest BCUT2D eigenvalue weighted by atomic mass is 10.1. The van der Waals surface area contributed by atoms with Crippen molar-refractivity contribution in [1.82, 2.24) is 20.3 Å². The maximum absolute atomic E-state index is 12.0. The predicted octanol–water partition coefficient (Wildman–Crippen LogP) is 3.03. The van der Waals surface area contributed by atoms with E-state index in [9.17, 15) is 9.90 Å². The largest absolute Gasteiger partial charge is 0.413 e. The van der Waals surface area contributed by atoms with Crippen molar-refractivity contribution in [2.24, 2.45) is 0 Å². The molecule has 0 bridgehead atoms. The molecule has 8 heteroatoms. The van der Waals surface area contributed by atoms with Gasteiger partial charge in [0.15, 0.2) is 0 Å². The Hall–Kier alpha value is -3.39. The van der Waals surface area contributed by atoms with Crippen LogP contribution >= 0.6 is 0 Å². The predicted molar refractivity (Wildman–Crippen MR) is 106 cm³/mol. The number of nitrogens with one attached hydrogen (secondary N) is 3. The fraction of sp³-hybridized carbons (Fsp3) is 0.250. The van der Waals surface area contributed by atoms with Crippen LogP contribution in [0.4, 0.5) is 10.7 Å². The summed E-state index contributed by atoms with van der Waals surface area (Å²) >= 11 is 0.